The van der Waals surface area contributed by atoms with Crippen LogP contribution in [0.25, 0.3) is 0 Å². The van der Waals surface area contributed by atoms with Crippen molar-refractivity contribution in [1.29, 1.82) is 0 Å². The monoisotopic (exact) mass is 710 g/mol. The summed E-state index contributed by atoms with van der Waals surface area (Å²) in [6.07, 6.45) is 36.5. The van der Waals surface area contributed by atoms with Crippen molar-refractivity contribution in [3.63, 3.8) is 0 Å². The normalized spacial score (nSPS) is 12.9. The zero-order valence-electron chi connectivity index (χ0n) is 30.6. The molecule has 49 heavy (non-hydrogen) atoms. The van der Waals surface area contributed by atoms with Gasteiger partial charge in [0.1, 0.15) is 6.61 Å². The minimum absolute atomic E-state index is 0.116. The summed E-state index contributed by atoms with van der Waals surface area (Å²) in [5.41, 5.74) is 0. The van der Waals surface area contributed by atoms with Gasteiger partial charge in [-0.1, -0.05) is 121 Å². The number of carbonyl (C=O) groups is 3. The molecule has 0 saturated carbocycles. The van der Waals surface area contributed by atoms with Gasteiger partial charge in [-0.2, -0.15) is 0 Å². The smallest absolute Gasteiger partial charge is 0.462 e. The van der Waals surface area contributed by atoms with E-state index in [4.69, 9.17) is 19.3 Å². The van der Waals surface area contributed by atoms with Crippen LogP contribution in [0.3, 0.4) is 0 Å². The molecule has 0 aromatic heterocycles. The third-order valence-electron chi connectivity index (χ3n) is 7.80. The van der Waals surface area contributed by atoms with Gasteiger partial charge in [-0.05, 0) is 70.3 Å². The first kappa shape index (κ1) is 46.7. The standard InChI is InChI=1S/C39H67O9P/c1-3-5-7-9-11-12-13-14-15-16-17-18-20-24-29-33-39(42)48-37(35-47-49(43,44)45)34-46-38(41)32-28-25-21-23-27-31-36(40)30-26-22-19-10-8-6-4-2/h11-12,14-15,19,22,26,30,37H,3-10,13,16-18,20-21,23-25,27-29,31-35H2,1-2H3,(H2,43,44,45)/b12-11-,15-14-,22-19-,30-26+/t37-/m1/s1. The van der Waals surface area contributed by atoms with Gasteiger partial charge < -0.3 is 19.3 Å². The molecule has 2 N–H and O–H groups in total. The van der Waals surface area contributed by atoms with Gasteiger partial charge in [0.05, 0.1) is 6.61 Å². The van der Waals surface area contributed by atoms with E-state index in [2.05, 4.69) is 48.8 Å². The highest BCUT2D eigenvalue weighted by molar-refractivity contribution is 7.46. The molecule has 0 aliphatic heterocycles. The van der Waals surface area contributed by atoms with Crippen molar-refractivity contribution in [1.82, 2.24) is 0 Å². The van der Waals surface area contributed by atoms with Crippen molar-refractivity contribution in [3.05, 3.63) is 48.6 Å². The fourth-order valence-electron chi connectivity index (χ4n) is 4.91. The average molecular weight is 711 g/mol. The van der Waals surface area contributed by atoms with Gasteiger partial charge in [-0.25, -0.2) is 4.57 Å². The van der Waals surface area contributed by atoms with Gasteiger partial charge in [0.2, 0.25) is 0 Å². The minimum Gasteiger partial charge on any atom is -0.462 e. The maximum atomic E-state index is 12.4. The highest BCUT2D eigenvalue weighted by Crippen LogP contribution is 2.36. The summed E-state index contributed by atoms with van der Waals surface area (Å²) in [6, 6.07) is 0. The number of ether oxygens (including phenoxy) is 2. The molecule has 9 nitrogen and oxygen atoms in total. The average Bonchev–Trinajstić information content (AvgIpc) is 3.06. The number of allylic oxidation sites excluding steroid dienone is 8. The van der Waals surface area contributed by atoms with E-state index in [9.17, 15) is 18.9 Å². The summed E-state index contributed by atoms with van der Waals surface area (Å²) < 4.78 is 26.2. The van der Waals surface area contributed by atoms with Crippen molar-refractivity contribution in [3.8, 4) is 0 Å². The molecule has 0 bridgehead atoms. The van der Waals surface area contributed by atoms with Crippen LogP contribution in [0.5, 0.6) is 0 Å². The molecule has 0 aliphatic carbocycles. The first-order chi connectivity index (χ1) is 23.7. The Morgan fingerprint density at radius 1 is 0.592 bits per heavy atom. The Kier molecular flexibility index (Phi) is 32.5. The first-order valence-corrected chi connectivity index (χ1v) is 20.4. The maximum absolute atomic E-state index is 12.4. The minimum atomic E-state index is -4.78. The number of ketones is 1. The highest BCUT2D eigenvalue weighted by atomic mass is 31.2. The second-order valence-corrected chi connectivity index (χ2v) is 13.8. The molecular formula is C39H67O9P. The van der Waals surface area contributed by atoms with Gasteiger partial charge in [0, 0.05) is 19.3 Å². The van der Waals surface area contributed by atoms with E-state index in [1.54, 1.807) is 6.08 Å². The van der Waals surface area contributed by atoms with Gasteiger partial charge in [0.15, 0.2) is 11.9 Å². The highest BCUT2D eigenvalue weighted by Gasteiger charge is 2.22. The maximum Gasteiger partial charge on any atom is 0.469 e. The third kappa shape index (κ3) is 36.8. The van der Waals surface area contributed by atoms with Gasteiger partial charge in [-0.15, -0.1) is 0 Å². The molecule has 0 unspecified atom stereocenters. The van der Waals surface area contributed by atoms with Crippen LogP contribution in [-0.2, 0) is 32.9 Å². The van der Waals surface area contributed by atoms with Crippen molar-refractivity contribution < 1.29 is 42.7 Å². The van der Waals surface area contributed by atoms with Crippen LogP contribution < -0.4 is 0 Å². The molecule has 0 rings (SSSR count). The predicted molar refractivity (Wildman–Crippen MR) is 198 cm³/mol. The first-order valence-electron chi connectivity index (χ1n) is 18.9. The summed E-state index contributed by atoms with van der Waals surface area (Å²) in [4.78, 5) is 54.6. The fraction of sp³-hybridized carbons (Fsp3) is 0.718. The lowest BCUT2D eigenvalue weighted by atomic mass is 10.1. The molecule has 1 atom stereocenters. The van der Waals surface area contributed by atoms with Gasteiger partial charge in [0.25, 0.3) is 0 Å². The molecule has 0 heterocycles. The van der Waals surface area contributed by atoms with Crippen LogP contribution in [0.1, 0.15) is 162 Å². The van der Waals surface area contributed by atoms with Crippen LogP contribution >= 0.6 is 7.82 Å². The van der Waals surface area contributed by atoms with E-state index in [1.165, 1.54) is 38.5 Å². The summed E-state index contributed by atoms with van der Waals surface area (Å²) in [7, 11) is -4.78. The van der Waals surface area contributed by atoms with E-state index in [1.807, 2.05) is 12.2 Å². The van der Waals surface area contributed by atoms with Crippen LogP contribution in [-0.4, -0.2) is 46.8 Å². The lowest BCUT2D eigenvalue weighted by Gasteiger charge is -2.18. The molecule has 0 spiro atoms. The Labute approximate surface area is 297 Å². The van der Waals surface area contributed by atoms with Gasteiger partial charge >= 0.3 is 19.8 Å². The van der Waals surface area contributed by atoms with E-state index in [-0.39, 0.29) is 25.2 Å². The molecule has 0 fully saturated rings. The van der Waals surface area contributed by atoms with Crippen molar-refractivity contribution in [2.24, 2.45) is 0 Å². The summed E-state index contributed by atoms with van der Waals surface area (Å²) in [5, 5.41) is 0. The lowest BCUT2D eigenvalue weighted by Crippen LogP contribution is -2.29. The number of unbranched alkanes of at least 4 members (excludes halogenated alkanes) is 15. The Hall–Kier alpha value is -2.32. The number of carbonyl (C=O) groups excluding carboxylic acids is 3. The second-order valence-electron chi connectivity index (χ2n) is 12.6. The third-order valence-corrected chi connectivity index (χ3v) is 8.28. The van der Waals surface area contributed by atoms with Crippen molar-refractivity contribution >= 4 is 25.5 Å². The molecular weight excluding hydrogens is 643 g/mol. The SMILES string of the molecule is CCCCC/C=C\C=C\C(=O)CCCCCCCC(=O)OC[C@H](COP(=O)(O)O)OC(=O)CCCCCCC/C=C\C/C=C\CCCCC. The van der Waals surface area contributed by atoms with Crippen LogP contribution in [0, 0.1) is 0 Å². The van der Waals surface area contributed by atoms with Crippen LogP contribution in [0.2, 0.25) is 0 Å². The topological polar surface area (TPSA) is 136 Å². The second kappa shape index (κ2) is 34.1. The molecule has 282 valence electrons. The number of rotatable bonds is 34. The molecule has 0 saturated heterocycles. The lowest BCUT2D eigenvalue weighted by molar-refractivity contribution is -0.161. The molecule has 0 aliphatic rings. The van der Waals surface area contributed by atoms with E-state index in [0.29, 0.717) is 19.3 Å². The molecule has 0 aromatic rings. The predicted octanol–water partition coefficient (Wildman–Crippen LogP) is 10.4. The largest absolute Gasteiger partial charge is 0.469 e. The van der Waals surface area contributed by atoms with Crippen LogP contribution in [0.4, 0.5) is 0 Å². The number of hydrogen-bond acceptors (Lipinski definition) is 7. The quantitative estimate of drug-likeness (QED) is 0.0167. The van der Waals surface area contributed by atoms with E-state index in [0.717, 1.165) is 77.0 Å². The zero-order chi connectivity index (χ0) is 36.3. The number of phosphoric ester groups is 1. The van der Waals surface area contributed by atoms with Crippen molar-refractivity contribution in [2.45, 2.75) is 168 Å². The Bertz CT molecular complexity index is 996. The van der Waals surface area contributed by atoms with E-state index >= 15 is 0 Å². The summed E-state index contributed by atoms with van der Waals surface area (Å²) in [6.45, 7) is 3.47. The summed E-state index contributed by atoms with van der Waals surface area (Å²) in [5.74, 6) is -0.881. The molecule has 0 aromatic carbocycles. The Morgan fingerprint density at radius 2 is 1.10 bits per heavy atom. The molecule has 0 amide bonds. The number of esters is 2. The summed E-state index contributed by atoms with van der Waals surface area (Å²) >= 11 is 0. The van der Waals surface area contributed by atoms with Crippen LogP contribution in [0.15, 0.2) is 48.6 Å². The number of phosphoric acid groups is 1. The zero-order valence-corrected chi connectivity index (χ0v) is 31.5. The van der Waals surface area contributed by atoms with Gasteiger partial charge in [-0.3, -0.25) is 18.9 Å². The molecule has 0 radical (unpaired) electrons. The van der Waals surface area contributed by atoms with E-state index < -0.39 is 32.5 Å². The molecule has 10 heteroatoms. The Balaban J connectivity index is 4.09. The number of hydrogen-bond donors (Lipinski definition) is 2. The fourth-order valence-corrected chi connectivity index (χ4v) is 5.27. The Morgan fingerprint density at radius 3 is 1.69 bits per heavy atom. The van der Waals surface area contributed by atoms with Crippen molar-refractivity contribution in [2.75, 3.05) is 13.2 Å².